The summed E-state index contributed by atoms with van der Waals surface area (Å²) in [5.74, 6) is 3.94. The lowest BCUT2D eigenvalue weighted by atomic mass is 9.98. The van der Waals surface area contributed by atoms with Crippen molar-refractivity contribution in [1.82, 2.24) is 10.6 Å². The topological polar surface area (TPSA) is 105 Å². The second-order valence-corrected chi connectivity index (χ2v) is 8.39. The predicted molar refractivity (Wildman–Crippen MR) is 122 cm³/mol. The van der Waals surface area contributed by atoms with Crippen molar-refractivity contribution in [2.45, 2.75) is 25.2 Å². The first-order valence-corrected chi connectivity index (χ1v) is 11.1. The van der Waals surface area contributed by atoms with E-state index in [2.05, 4.69) is 46.7 Å². The monoisotopic (exact) mass is 446 g/mol. The zero-order chi connectivity index (χ0) is 23.2. The van der Waals surface area contributed by atoms with Gasteiger partial charge in [0.05, 0.1) is 13.0 Å². The molecule has 2 aliphatic carbocycles. The highest BCUT2D eigenvalue weighted by Crippen LogP contribution is 2.44. The first-order chi connectivity index (χ1) is 16.0. The Morgan fingerprint density at radius 1 is 1.00 bits per heavy atom. The summed E-state index contributed by atoms with van der Waals surface area (Å²) in [7, 11) is 0. The van der Waals surface area contributed by atoms with Gasteiger partial charge in [0.25, 0.3) is 5.91 Å². The van der Waals surface area contributed by atoms with Crippen molar-refractivity contribution in [2.75, 3.05) is 19.7 Å². The number of fused-ring (bicyclic) bond motifs is 3. The number of carboxylic acid groups (broad SMARTS) is 1. The van der Waals surface area contributed by atoms with Gasteiger partial charge in [-0.25, -0.2) is 4.79 Å². The maximum absolute atomic E-state index is 12.1. The van der Waals surface area contributed by atoms with E-state index in [4.69, 9.17) is 9.84 Å². The standard InChI is InChI=1S/C26H26N2O5/c29-24(28-15-18(14-25(30)31)17-11-12-17)10-5-13-27-26(32)33-16-23-21-8-3-1-6-19(21)20-7-2-4-9-22(20)23/h1-4,6-9,17-18,23H,11-16H2,(H,27,32)(H,28,29)(H,30,31). The van der Waals surface area contributed by atoms with Gasteiger partial charge in [-0.1, -0.05) is 54.5 Å². The molecule has 33 heavy (non-hydrogen) atoms. The zero-order valence-corrected chi connectivity index (χ0v) is 18.2. The van der Waals surface area contributed by atoms with E-state index in [1.54, 1.807) is 0 Å². The maximum Gasteiger partial charge on any atom is 0.407 e. The Hall–Kier alpha value is -3.79. The van der Waals surface area contributed by atoms with E-state index in [0.29, 0.717) is 12.5 Å². The van der Waals surface area contributed by atoms with Gasteiger partial charge in [0.2, 0.25) is 0 Å². The van der Waals surface area contributed by atoms with Gasteiger partial charge in [0.15, 0.2) is 0 Å². The molecule has 7 nitrogen and oxygen atoms in total. The van der Waals surface area contributed by atoms with Crippen molar-refractivity contribution in [3.05, 3.63) is 59.7 Å². The number of nitrogens with one attached hydrogen (secondary N) is 2. The van der Waals surface area contributed by atoms with Crippen LogP contribution in [0, 0.1) is 23.7 Å². The van der Waals surface area contributed by atoms with Crippen LogP contribution in [0.25, 0.3) is 11.1 Å². The van der Waals surface area contributed by atoms with Crippen LogP contribution in [0.3, 0.4) is 0 Å². The molecule has 0 spiro atoms. The summed E-state index contributed by atoms with van der Waals surface area (Å²) in [5, 5.41) is 14.2. The summed E-state index contributed by atoms with van der Waals surface area (Å²) in [6, 6.07) is 16.2. The van der Waals surface area contributed by atoms with E-state index in [9.17, 15) is 14.4 Å². The van der Waals surface area contributed by atoms with Gasteiger partial charge in [-0.15, -0.1) is 0 Å². The maximum atomic E-state index is 12.1. The molecule has 0 radical (unpaired) electrons. The molecule has 0 bridgehead atoms. The van der Waals surface area contributed by atoms with Crippen LogP contribution in [0.1, 0.15) is 36.3 Å². The molecule has 0 heterocycles. The molecule has 0 saturated heterocycles. The Balaban J connectivity index is 1.21. The third kappa shape index (κ3) is 5.72. The van der Waals surface area contributed by atoms with Crippen molar-refractivity contribution in [1.29, 1.82) is 0 Å². The molecule has 2 aliphatic rings. The molecular formula is C26H26N2O5. The van der Waals surface area contributed by atoms with Crippen LogP contribution in [0.15, 0.2) is 48.5 Å². The van der Waals surface area contributed by atoms with Gasteiger partial charge < -0.3 is 20.5 Å². The minimum atomic E-state index is -0.862. The minimum absolute atomic E-state index is 0.0225. The average Bonchev–Trinajstić information content (AvgIpc) is 3.61. The molecule has 3 N–H and O–H groups in total. The summed E-state index contributed by atoms with van der Waals surface area (Å²) >= 11 is 0. The fourth-order valence-corrected chi connectivity index (χ4v) is 4.36. The third-order valence-corrected chi connectivity index (χ3v) is 6.12. The van der Waals surface area contributed by atoms with Gasteiger partial charge in [0.1, 0.15) is 6.61 Å². The van der Waals surface area contributed by atoms with Crippen molar-refractivity contribution in [2.24, 2.45) is 11.8 Å². The zero-order valence-electron chi connectivity index (χ0n) is 18.2. The third-order valence-electron chi connectivity index (χ3n) is 6.12. The Labute approximate surface area is 192 Å². The largest absolute Gasteiger partial charge is 0.481 e. The van der Waals surface area contributed by atoms with E-state index >= 15 is 0 Å². The summed E-state index contributed by atoms with van der Waals surface area (Å²) in [6.07, 6.45) is 1.45. The van der Waals surface area contributed by atoms with Crippen molar-refractivity contribution < 1.29 is 24.2 Å². The number of carboxylic acids is 1. The number of hydrogen-bond acceptors (Lipinski definition) is 4. The van der Waals surface area contributed by atoms with E-state index in [0.717, 1.165) is 35.1 Å². The lowest BCUT2D eigenvalue weighted by molar-refractivity contribution is -0.138. The van der Waals surface area contributed by atoms with Crippen molar-refractivity contribution in [3.8, 4) is 23.0 Å². The summed E-state index contributed by atoms with van der Waals surface area (Å²) in [4.78, 5) is 34.9. The lowest BCUT2D eigenvalue weighted by Crippen LogP contribution is -2.30. The number of amides is 2. The molecule has 1 fully saturated rings. The number of aliphatic carboxylic acids is 1. The van der Waals surface area contributed by atoms with Gasteiger partial charge in [-0.05, 0) is 52.9 Å². The lowest BCUT2D eigenvalue weighted by Gasteiger charge is -2.14. The molecule has 1 saturated carbocycles. The van der Waals surface area contributed by atoms with Crippen LogP contribution in [0.4, 0.5) is 4.79 Å². The van der Waals surface area contributed by atoms with Crippen LogP contribution in [-0.4, -0.2) is 42.8 Å². The summed E-state index contributed by atoms with van der Waals surface area (Å²) in [6.45, 7) is 0.482. The highest BCUT2D eigenvalue weighted by Gasteiger charge is 2.32. The van der Waals surface area contributed by atoms with Crippen LogP contribution >= 0.6 is 0 Å². The van der Waals surface area contributed by atoms with E-state index < -0.39 is 18.0 Å². The van der Waals surface area contributed by atoms with E-state index in [1.807, 2.05) is 24.3 Å². The molecule has 2 aromatic carbocycles. The number of carbonyl (C=O) groups is 3. The number of alkyl carbamates (subject to hydrolysis) is 1. The number of carbonyl (C=O) groups excluding carboxylic acids is 2. The van der Waals surface area contributed by atoms with Gasteiger partial charge in [0, 0.05) is 12.5 Å². The SMILES string of the molecule is O=C(O)CC(CNC(=O)C#CCNC(=O)OCC1c2ccccc2-c2ccccc21)C1CC1. The molecule has 1 unspecified atom stereocenters. The number of benzene rings is 2. The average molecular weight is 447 g/mol. The molecule has 2 amide bonds. The fraction of sp³-hybridized carbons (Fsp3) is 0.346. The first kappa shape index (κ1) is 22.4. The Bertz CT molecular complexity index is 1070. The predicted octanol–water partition coefficient (Wildman–Crippen LogP) is 3.15. The molecular weight excluding hydrogens is 420 g/mol. The molecule has 1 atom stereocenters. The number of rotatable bonds is 8. The highest BCUT2D eigenvalue weighted by molar-refractivity contribution is 5.93. The first-order valence-electron chi connectivity index (χ1n) is 11.1. The van der Waals surface area contributed by atoms with Gasteiger partial charge in [-0.3, -0.25) is 9.59 Å². The van der Waals surface area contributed by atoms with Gasteiger partial charge >= 0.3 is 12.1 Å². The number of ether oxygens (including phenoxy) is 1. The molecule has 0 aliphatic heterocycles. The van der Waals surface area contributed by atoms with E-state index in [1.165, 1.54) is 0 Å². The molecule has 2 aromatic rings. The van der Waals surface area contributed by atoms with E-state index in [-0.39, 0.29) is 31.4 Å². The Morgan fingerprint density at radius 3 is 2.24 bits per heavy atom. The van der Waals surface area contributed by atoms with Crippen LogP contribution in [0.2, 0.25) is 0 Å². The Morgan fingerprint density at radius 2 is 1.64 bits per heavy atom. The highest BCUT2D eigenvalue weighted by atomic mass is 16.5. The second kappa shape index (κ2) is 10.2. The molecule has 0 aromatic heterocycles. The second-order valence-electron chi connectivity index (χ2n) is 8.39. The van der Waals surface area contributed by atoms with Crippen molar-refractivity contribution >= 4 is 18.0 Å². The molecule has 4 rings (SSSR count). The van der Waals surface area contributed by atoms with Gasteiger partial charge in [-0.2, -0.15) is 0 Å². The normalized spacial score (nSPS) is 14.8. The fourth-order valence-electron chi connectivity index (χ4n) is 4.36. The summed E-state index contributed by atoms with van der Waals surface area (Å²) < 4.78 is 5.42. The summed E-state index contributed by atoms with van der Waals surface area (Å²) in [5.41, 5.74) is 4.59. The smallest absolute Gasteiger partial charge is 0.407 e. The van der Waals surface area contributed by atoms with Crippen LogP contribution in [-0.2, 0) is 14.3 Å². The van der Waals surface area contributed by atoms with Crippen LogP contribution < -0.4 is 10.6 Å². The number of hydrogen-bond donors (Lipinski definition) is 3. The molecule has 170 valence electrons. The Kier molecular flexibility index (Phi) is 6.94. The van der Waals surface area contributed by atoms with Crippen LogP contribution in [0.5, 0.6) is 0 Å². The minimum Gasteiger partial charge on any atom is -0.481 e. The quantitative estimate of drug-likeness (QED) is 0.541. The molecule has 7 heteroatoms. The van der Waals surface area contributed by atoms with Crippen molar-refractivity contribution in [3.63, 3.8) is 0 Å².